The number of benzene rings is 1. The number of aliphatic imine (C=N–C) groups is 1. The SMILES string of the molecule is CCOC(=O)C1=C(CN2CCN3C(=O)N(CC(C)(C)C(=O)O)C[C@@H]3C2)NC(c2nccs2)=N[C@H]1c1cccc(F)c1Cl. The number of rotatable bonds is 9. The van der Waals surface area contributed by atoms with Gasteiger partial charge in [0.05, 0.1) is 28.7 Å². The largest absolute Gasteiger partial charge is 0.481 e. The number of carbonyl (C=O) groups excluding carboxylic acids is 2. The number of halogens is 2. The van der Waals surface area contributed by atoms with Gasteiger partial charge in [0, 0.05) is 62.1 Å². The van der Waals surface area contributed by atoms with Crippen LogP contribution >= 0.6 is 22.9 Å². The molecule has 42 heavy (non-hydrogen) atoms. The summed E-state index contributed by atoms with van der Waals surface area (Å²) in [5, 5.41) is 15.1. The van der Waals surface area contributed by atoms with Gasteiger partial charge in [-0.2, -0.15) is 0 Å². The highest BCUT2D eigenvalue weighted by atomic mass is 35.5. The summed E-state index contributed by atoms with van der Waals surface area (Å²) in [7, 11) is 0. The normalized spacial score (nSPS) is 21.3. The molecule has 2 N–H and O–H groups in total. The molecule has 0 bridgehead atoms. The van der Waals surface area contributed by atoms with Crippen molar-refractivity contribution in [3.63, 3.8) is 0 Å². The fourth-order valence-electron chi connectivity index (χ4n) is 5.46. The number of esters is 1. The van der Waals surface area contributed by atoms with Gasteiger partial charge in [-0.3, -0.25) is 14.7 Å². The molecule has 2 fully saturated rings. The van der Waals surface area contributed by atoms with E-state index >= 15 is 0 Å². The minimum Gasteiger partial charge on any atom is -0.481 e. The number of thiazole rings is 1. The van der Waals surface area contributed by atoms with Crippen molar-refractivity contribution in [2.24, 2.45) is 10.4 Å². The van der Waals surface area contributed by atoms with Crippen LogP contribution in [0.4, 0.5) is 9.18 Å². The maximum Gasteiger partial charge on any atom is 0.338 e. The number of hydrogen-bond donors (Lipinski definition) is 2. The van der Waals surface area contributed by atoms with Crippen LogP contribution < -0.4 is 5.32 Å². The summed E-state index contributed by atoms with van der Waals surface area (Å²) in [4.78, 5) is 52.8. The summed E-state index contributed by atoms with van der Waals surface area (Å²) in [5.74, 6) is -1.76. The van der Waals surface area contributed by atoms with E-state index in [4.69, 9.17) is 21.3 Å². The Morgan fingerprint density at radius 2 is 2.07 bits per heavy atom. The zero-order valence-corrected chi connectivity index (χ0v) is 25.0. The number of nitrogens with one attached hydrogen (secondary N) is 1. The topological polar surface area (TPSA) is 128 Å². The lowest BCUT2D eigenvalue weighted by Crippen LogP contribution is -2.53. The number of hydrogen-bond acceptors (Lipinski definition) is 9. The number of aromatic nitrogens is 1. The molecule has 3 aliphatic heterocycles. The van der Waals surface area contributed by atoms with Gasteiger partial charge in [0.2, 0.25) is 0 Å². The van der Waals surface area contributed by atoms with E-state index in [-0.39, 0.29) is 35.8 Å². The second kappa shape index (κ2) is 12.0. The maximum atomic E-state index is 14.6. The molecule has 14 heteroatoms. The highest BCUT2D eigenvalue weighted by Crippen LogP contribution is 2.38. The molecule has 0 aliphatic carbocycles. The predicted molar refractivity (Wildman–Crippen MR) is 155 cm³/mol. The van der Waals surface area contributed by atoms with Crippen LogP contribution in [0.3, 0.4) is 0 Å². The van der Waals surface area contributed by atoms with E-state index in [1.165, 1.54) is 23.5 Å². The number of fused-ring (bicyclic) bond motifs is 1. The second-order valence-electron chi connectivity index (χ2n) is 11.0. The molecule has 1 aromatic carbocycles. The van der Waals surface area contributed by atoms with Crippen LogP contribution in [-0.2, 0) is 14.3 Å². The van der Waals surface area contributed by atoms with Gasteiger partial charge in [0.1, 0.15) is 11.9 Å². The lowest BCUT2D eigenvalue weighted by Gasteiger charge is -2.38. The molecule has 0 spiro atoms. The first-order valence-corrected chi connectivity index (χ1v) is 14.9. The zero-order chi connectivity index (χ0) is 30.2. The standard InChI is InChI=1S/C28H32ClFN6O5S/c1-4-41-25(37)20-19(14-34-9-10-36-16(12-34)13-35(27(36)40)15-28(2,3)26(38)39)32-23(24-31-8-11-42-24)33-22(20)17-6-5-7-18(30)21(17)29/h5-8,11,16,22H,4,9-10,12-15H2,1-3H3,(H,32,33)(H,38,39)/t16-,22-/m0/s1. The summed E-state index contributed by atoms with van der Waals surface area (Å²) in [6.07, 6.45) is 1.65. The number of carboxylic acids is 1. The third-order valence-electron chi connectivity index (χ3n) is 7.59. The fraction of sp³-hybridized carbons (Fsp3) is 0.464. The lowest BCUT2D eigenvalue weighted by atomic mass is 9.93. The predicted octanol–water partition coefficient (Wildman–Crippen LogP) is 3.38. The summed E-state index contributed by atoms with van der Waals surface area (Å²) in [6.45, 7) is 7.32. The molecular weight excluding hydrogens is 587 g/mol. The van der Waals surface area contributed by atoms with Crippen LogP contribution in [-0.4, -0.2) is 101 Å². The Hall–Kier alpha value is -3.55. The molecule has 1 aromatic heterocycles. The van der Waals surface area contributed by atoms with Crippen molar-refractivity contribution in [1.29, 1.82) is 0 Å². The first-order valence-electron chi connectivity index (χ1n) is 13.6. The number of ether oxygens (including phenoxy) is 1. The van der Waals surface area contributed by atoms with E-state index in [0.29, 0.717) is 54.8 Å². The van der Waals surface area contributed by atoms with Gasteiger partial charge in [-0.15, -0.1) is 11.3 Å². The molecule has 0 radical (unpaired) electrons. The van der Waals surface area contributed by atoms with Crippen molar-refractivity contribution in [2.75, 3.05) is 45.9 Å². The molecule has 3 aliphatic rings. The molecule has 4 heterocycles. The first kappa shape index (κ1) is 29.9. The summed E-state index contributed by atoms with van der Waals surface area (Å²) in [6, 6.07) is 3.15. The van der Waals surface area contributed by atoms with Crippen molar-refractivity contribution in [1.82, 2.24) is 25.0 Å². The molecule has 2 amide bonds. The number of carboxylic acid groups (broad SMARTS) is 1. The first-order chi connectivity index (χ1) is 20.0. The average molecular weight is 619 g/mol. The quantitative estimate of drug-likeness (QED) is 0.410. The molecule has 2 saturated heterocycles. The summed E-state index contributed by atoms with van der Waals surface area (Å²) < 4.78 is 20.0. The number of nitrogens with zero attached hydrogens (tertiary/aromatic N) is 5. The Balaban J connectivity index is 1.45. The average Bonchev–Trinajstić information content (AvgIpc) is 3.58. The second-order valence-corrected chi connectivity index (χ2v) is 12.3. The Kier molecular flexibility index (Phi) is 8.53. The third-order valence-corrected chi connectivity index (χ3v) is 8.77. The zero-order valence-electron chi connectivity index (χ0n) is 23.5. The monoisotopic (exact) mass is 618 g/mol. The van der Waals surface area contributed by atoms with E-state index < -0.39 is 29.2 Å². The van der Waals surface area contributed by atoms with Gasteiger partial charge >= 0.3 is 18.0 Å². The van der Waals surface area contributed by atoms with Gasteiger partial charge in [-0.05, 0) is 26.8 Å². The van der Waals surface area contributed by atoms with Crippen LogP contribution in [0.25, 0.3) is 0 Å². The van der Waals surface area contributed by atoms with Crippen molar-refractivity contribution in [3.8, 4) is 0 Å². The maximum absolute atomic E-state index is 14.6. The fourth-order valence-corrected chi connectivity index (χ4v) is 6.28. The van der Waals surface area contributed by atoms with Gasteiger partial charge in [-0.25, -0.2) is 19.0 Å². The summed E-state index contributed by atoms with van der Waals surface area (Å²) >= 11 is 7.76. The molecule has 224 valence electrons. The molecule has 2 atom stereocenters. The van der Waals surface area contributed by atoms with Crippen LogP contribution in [0.2, 0.25) is 5.02 Å². The molecule has 2 aromatic rings. The van der Waals surface area contributed by atoms with Crippen molar-refractivity contribution < 1.29 is 28.6 Å². The number of carbonyl (C=O) groups is 3. The summed E-state index contributed by atoms with van der Waals surface area (Å²) in [5.41, 5.74) is 0.00406. The number of amidine groups is 1. The van der Waals surface area contributed by atoms with Crippen LogP contribution in [0.5, 0.6) is 0 Å². The van der Waals surface area contributed by atoms with E-state index in [9.17, 15) is 23.9 Å². The highest BCUT2D eigenvalue weighted by molar-refractivity contribution is 7.11. The Morgan fingerprint density at radius 1 is 1.29 bits per heavy atom. The molecule has 0 unspecified atom stereocenters. The number of piperazine rings is 1. The molecule has 0 saturated carbocycles. The minimum absolute atomic E-state index is 0.109. The lowest BCUT2D eigenvalue weighted by molar-refractivity contribution is -0.147. The van der Waals surface area contributed by atoms with Gasteiger partial charge < -0.3 is 25.0 Å². The van der Waals surface area contributed by atoms with Gasteiger partial charge in [0.25, 0.3) is 0 Å². The van der Waals surface area contributed by atoms with Crippen molar-refractivity contribution >= 4 is 46.7 Å². The number of urea groups is 1. The van der Waals surface area contributed by atoms with E-state index in [0.717, 1.165) is 0 Å². The molecular formula is C28H32ClFN6O5S. The minimum atomic E-state index is -1.08. The van der Waals surface area contributed by atoms with Crippen LogP contribution in [0.15, 0.2) is 46.0 Å². The van der Waals surface area contributed by atoms with Gasteiger partial charge in [0.15, 0.2) is 10.8 Å². The Bertz CT molecular complexity index is 1450. The number of amides is 2. The Labute approximate surface area is 251 Å². The number of aliphatic carboxylic acids is 1. The van der Waals surface area contributed by atoms with Crippen molar-refractivity contribution in [2.45, 2.75) is 32.9 Å². The Morgan fingerprint density at radius 3 is 2.76 bits per heavy atom. The van der Waals surface area contributed by atoms with Gasteiger partial charge in [-0.1, -0.05) is 23.7 Å². The highest BCUT2D eigenvalue weighted by Gasteiger charge is 2.44. The van der Waals surface area contributed by atoms with E-state index in [2.05, 4.69) is 15.2 Å². The van der Waals surface area contributed by atoms with E-state index in [1.54, 1.807) is 42.8 Å². The third kappa shape index (κ3) is 5.86. The molecule has 11 nitrogen and oxygen atoms in total. The van der Waals surface area contributed by atoms with Crippen LogP contribution in [0.1, 0.15) is 37.4 Å². The van der Waals surface area contributed by atoms with Crippen molar-refractivity contribution in [3.05, 3.63) is 62.5 Å². The van der Waals surface area contributed by atoms with Crippen LogP contribution in [0, 0.1) is 11.2 Å². The molecule has 5 rings (SSSR count). The van der Waals surface area contributed by atoms with E-state index in [1.807, 2.05) is 5.38 Å². The smallest absolute Gasteiger partial charge is 0.338 e.